The summed E-state index contributed by atoms with van der Waals surface area (Å²) in [5, 5.41) is 7.81. The third kappa shape index (κ3) is 5.56. The van der Waals surface area contributed by atoms with Gasteiger partial charge in [0.1, 0.15) is 11.5 Å². The summed E-state index contributed by atoms with van der Waals surface area (Å²) in [5.74, 6) is 2.02. The van der Waals surface area contributed by atoms with Gasteiger partial charge in [-0.1, -0.05) is 172 Å². The van der Waals surface area contributed by atoms with Crippen molar-refractivity contribution in [1.82, 2.24) is 0 Å². The third-order valence-corrected chi connectivity index (χ3v) is 13.0. The van der Waals surface area contributed by atoms with Gasteiger partial charge in [-0.3, -0.25) is 0 Å². The number of fused-ring (bicyclic) bond motifs is 2. The number of para-hydroxylation sites is 2. The number of hydrogen-bond donors (Lipinski definition) is 0. The SMILES string of the molecule is CC1(C)c2cccc(P(c3ccccc3)c3ccccc3)c2Oc2c(P(c3ccccc3)c3ccccc3)cccc21.[Pd]. The molecule has 0 unspecified atom stereocenters. The van der Waals surface area contributed by atoms with Crippen molar-refractivity contribution < 1.29 is 25.2 Å². The van der Waals surface area contributed by atoms with Gasteiger partial charge in [-0.25, -0.2) is 0 Å². The molecule has 0 saturated heterocycles. The minimum absolute atomic E-state index is 0. The van der Waals surface area contributed by atoms with Crippen LogP contribution in [0.1, 0.15) is 25.0 Å². The Morgan fingerprint density at radius 3 is 1.00 bits per heavy atom. The van der Waals surface area contributed by atoms with E-state index >= 15 is 0 Å². The summed E-state index contributed by atoms with van der Waals surface area (Å²) in [5.41, 5.74) is 2.26. The fourth-order valence-electron chi connectivity index (χ4n) is 6.01. The van der Waals surface area contributed by atoms with Crippen molar-refractivity contribution in [3.05, 3.63) is 169 Å². The quantitative estimate of drug-likeness (QED) is 0.130. The van der Waals surface area contributed by atoms with Crippen molar-refractivity contribution in [3.63, 3.8) is 0 Å². The Kier molecular flexibility index (Phi) is 8.78. The van der Waals surface area contributed by atoms with Crippen molar-refractivity contribution in [2.24, 2.45) is 0 Å². The Bertz CT molecular complexity index is 1610. The molecule has 0 aromatic heterocycles. The molecule has 0 saturated carbocycles. The van der Waals surface area contributed by atoms with Gasteiger partial charge < -0.3 is 4.74 Å². The zero-order chi connectivity index (χ0) is 28.5. The summed E-state index contributed by atoms with van der Waals surface area (Å²) in [6, 6.07) is 57.2. The second kappa shape index (κ2) is 12.7. The summed E-state index contributed by atoms with van der Waals surface area (Å²) in [7, 11) is -1.65. The molecule has 43 heavy (non-hydrogen) atoms. The summed E-state index contributed by atoms with van der Waals surface area (Å²) in [4.78, 5) is 0. The van der Waals surface area contributed by atoms with Crippen LogP contribution in [0.4, 0.5) is 0 Å². The average molecular weight is 685 g/mol. The van der Waals surface area contributed by atoms with E-state index in [1.807, 2.05) is 0 Å². The maximum absolute atomic E-state index is 7.26. The second-order valence-electron chi connectivity index (χ2n) is 11.0. The third-order valence-electron chi connectivity index (χ3n) is 8.08. The fourth-order valence-corrected chi connectivity index (χ4v) is 10.8. The standard InChI is InChI=1S/C39H32OP2.Pd/c1-39(2)33-25-15-27-35(41(29-17-7-3-8-18-29)30-19-9-4-10-20-30)37(33)40-38-34(39)26-16-28-36(38)42(31-21-11-5-12-22-31)32-23-13-6-14-24-32;/h3-28H,1-2H3;. The number of hydrogen-bond acceptors (Lipinski definition) is 1. The molecule has 1 aliphatic heterocycles. The Labute approximate surface area is 271 Å². The Morgan fingerprint density at radius 2 is 0.698 bits per heavy atom. The molecule has 0 aliphatic carbocycles. The van der Waals surface area contributed by atoms with E-state index in [9.17, 15) is 0 Å². The van der Waals surface area contributed by atoms with Crippen LogP contribution >= 0.6 is 15.8 Å². The van der Waals surface area contributed by atoms with Crippen molar-refractivity contribution in [1.29, 1.82) is 0 Å². The molecule has 7 rings (SSSR count). The van der Waals surface area contributed by atoms with Gasteiger partial charge in [0.15, 0.2) is 0 Å². The van der Waals surface area contributed by atoms with E-state index in [2.05, 4.69) is 172 Å². The van der Waals surface area contributed by atoms with Gasteiger partial charge in [-0.05, 0) is 37.1 Å². The van der Waals surface area contributed by atoms with E-state index in [4.69, 9.17) is 4.74 Å². The maximum atomic E-state index is 7.26. The molecule has 0 bridgehead atoms. The van der Waals surface area contributed by atoms with Gasteiger partial charge in [0.2, 0.25) is 0 Å². The minimum Gasteiger partial charge on any atom is -0.455 e. The van der Waals surface area contributed by atoms with Crippen LogP contribution in [-0.4, -0.2) is 0 Å². The first-order valence-corrected chi connectivity index (χ1v) is 17.1. The van der Waals surface area contributed by atoms with Crippen LogP contribution < -0.4 is 36.6 Å². The van der Waals surface area contributed by atoms with Gasteiger partial charge in [-0.2, -0.15) is 0 Å². The predicted octanol–water partition coefficient (Wildman–Crippen LogP) is 7.63. The fraction of sp³-hybridized carbons (Fsp3) is 0.0769. The molecule has 0 fully saturated rings. The molecule has 0 N–H and O–H groups in total. The van der Waals surface area contributed by atoms with Crippen LogP contribution in [0.5, 0.6) is 11.5 Å². The monoisotopic (exact) mass is 684 g/mol. The van der Waals surface area contributed by atoms with Crippen LogP contribution in [0, 0.1) is 0 Å². The van der Waals surface area contributed by atoms with E-state index in [0.29, 0.717) is 0 Å². The van der Waals surface area contributed by atoms with Gasteiger partial charge in [0, 0.05) is 47.6 Å². The molecule has 1 heterocycles. The van der Waals surface area contributed by atoms with E-state index in [0.717, 1.165) is 11.5 Å². The normalized spacial score (nSPS) is 13.0. The van der Waals surface area contributed by atoms with Crippen molar-refractivity contribution in [2.45, 2.75) is 19.3 Å². The zero-order valence-corrected chi connectivity index (χ0v) is 27.5. The Balaban J connectivity index is 0.00000329. The second-order valence-corrected chi connectivity index (χ2v) is 15.4. The number of benzene rings is 6. The summed E-state index contributed by atoms with van der Waals surface area (Å²) in [6.07, 6.45) is 0. The zero-order valence-electron chi connectivity index (χ0n) is 24.1. The van der Waals surface area contributed by atoms with Crippen LogP contribution in [0.2, 0.25) is 0 Å². The van der Waals surface area contributed by atoms with Crippen molar-refractivity contribution >= 4 is 47.7 Å². The molecule has 1 nitrogen and oxygen atoms in total. The van der Waals surface area contributed by atoms with Crippen molar-refractivity contribution in [2.75, 3.05) is 0 Å². The molecule has 6 aromatic carbocycles. The van der Waals surface area contributed by atoms with Gasteiger partial charge in [0.25, 0.3) is 0 Å². The summed E-state index contributed by atoms with van der Waals surface area (Å²) >= 11 is 0. The molecule has 0 amide bonds. The first kappa shape index (κ1) is 29.7. The Hall–Kier alpha value is -3.36. The van der Waals surface area contributed by atoms with Crippen LogP contribution in [0.3, 0.4) is 0 Å². The topological polar surface area (TPSA) is 9.23 Å². The molecule has 4 heteroatoms. The van der Waals surface area contributed by atoms with Crippen molar-refractivity contribution in [3.8, 4) is 11.5 Å². The first-order valence-electron chi connectivity index (χ1n) is 14.4. The smallest absolute Gasteiger partial charge is 0.139 e. The van der Waals surface area contributed by atoms with E-state index in [1.54, 1.807) is 0 Å². The van der Waals surface area contributed by atoms with Gasteiger partial charge in [0.05, 0.1) is 0 Å². The number of ether oxygens (including phenoxy) is 1. The molecular formula is C39H32OP2Pd. The van der Waals surface area contributed by atoms with E-state index in [-0.39, 0.29) is 25.8 Å². The summed E-state index contributed by atoms with van der Waals surface area (Å²) in [6.45, 7) is 4.70. The molecule has 0 atom stereocenters. The molecule has 1 aliphatic rings. The minimum atomic E-state index is -0.824. The predicted molar refractivity (Wildman–Crippen MR) is 182 cm³/mol. The van der Waals surface area contributed by atoms with Crippen LogP contribution in [0.15, 0.2) is 158 Å². The molecule has 0 spiro atoms. The molecule has 6 aromatic rings. The first-order chi connectivity index (χ1) is 20.6. The molecule has 214 valence electrons. The molecular weight excluding hydrogens is 653 g/mol. The van der Waals surface area contributed by atoms with E-state index in [1.165, 1.54) is 43.0 Å². The van der Waals surface area contributed by atoms with Crippen LogP contribution in [0.25, 0.3) is 0 Å². The van der Waals surface area contributed by atoms with Gasteiger partial charge >= 0.3 is 0 Å². The molecule has 0 radical (unpaired) electrons. The maximum Gasteiger partial charge on any atom is 0.139 e. The largest absolute Gasteiger partial charge is 0.455 e. The van der Waals surface area contributed by atoms with Gasteiger partial charge in [-0.15, -0.1) is 0 Å². The summed E-state index contributed by atoms with van der Waals surface area (Å²) < 4.78 is 7.26. The van der Waals surface area contributed by atoms with E-state index < -0.39 is 15.8 Å². The average Bonchev–Trinajstić information content (AvgIpc) is 3.04. The van der Waals surface area contributed by atoms with Crippen LogP contribution in [-0.2, 0) is 25.8 Å². The Morgan fingerprint density at radius 1 is 0.395 bits per heavy atom. The number of rotatable bonds is 6.